The number of hydrogen-bond acceptors (Lipinski definition) is 3. The second kappa shape index (κ2) is 4.44. The highest BCUT2D eigenvalue weighted by Gasteiger charge is 2.14. The highest BCUT2D eigenvalue weighted by molar-refractivity contribution is 5.75. The first kappa shape index (κ1) is 12.3. The van der Waals surface area contributed by atoms with E-state index >= 15 is 0 Å². The zero-order valence-electron chi connectivity index (χ0n) is 10.6. The summed E-state index contributed by atoms with van der Waals surface area (Å²) in [4.78, 5) is 32.6. The van der Waals surface area contributed by atoms with Gasteiger partial charge in [-0.15, -0.1) is 0 Å². The van der Waals surface area contributed by atoms with Crippen molar-refractivity contribution < 1.29 is 4.39 Å². The molecule has 20 heavy (non-hydrogen) atoms. The minimum atomic E-state index is -0.565. The van der Waals surface area contributed by atoms with Gasteiger partial charge in [0.1, 0.15) is 17.2 Å². The van der Waals surface area contributed by atoms with Crippen LogP contribution in [-0.4, -0.2) is 19.5 Å². The predicted molar refractivity (Wildman–Crippen MR) is 72.0 cm³/mol. The number of rotatable bonds is 2. The van der Waals surface area contributed by atoms with Gasteiger partial charge >= 0.3 is 5.69 Å². The third-order valence-corrected chi connectivity index (χ3v) is 3.08. The fourth-order valence-electron chi connectivity index (χ4n) is 2.12. The van der Waals surface area contributed by atoms with Gasteiger partial charge in [-0.25, -0.2) is 14.2 Å². The summed E-state index contributed by atoms with van der Waals surface area (Å²) in [5.74, 6) is -0.232. The van der Waals surface area contributed by atoms with Gasteiger partial charge in [-0.2, -0.15) is 0 Å². The van der Waals surface area contributed by atoms with E-state index in [0.29, 0.717) is 6.54 Å². The first-order valence-corrected chi connectivity index (χ1v) is 6.09. The van der Waals surface area contributed by atoms with Crippen LogP contribution in [0.5, 0.6) is 0 Å². The molecule has 0 bridgehead atoms. The van der Waals surface area contributed by atoms with Crippen LogP contribution in [0.1, 0.15) is 6.92 Å². The third-order valence-electron chi connectivity index (χ3n) is 3.08. The van der Waals surface area contributed by atoms with Crippen molar-refractivity contribution in [2.75, 3.05) is 0 Å². The molecule has 3 aromatic rings. The summed E-state index contributed by atoms with van der Waals surface area (Å²) < 4.78 is 15.1. The van der Waals surface area contributed by atoms with Crippen LogP contribution in [0.2, 0.25) is 0 Å². The lowest BCUT2D eigenvalue weighted by molar-refractivity contribution is 0.630. The van der Waals surface area contributed by atoms with Crippen LogP contribution in [0.25, 0.3) is 22.6 Å². The Morgan fingerprint density at radius 1 is 1.25 bits per heavy atom. The smallest absolute Gasteiger partial charge is 0.330 e. The SMILES string of the molecule is CCn1c(=O)[nH]c(=O)c2[nH]c(-c3ccccc3F)nc21. The molecule has 0 aliphatic carbocycles. The van der Waals surface area contributed by atoms with Crippen LogP contribution >= 0.6 is 0 Å². The van der Waals surface area contributed by atoms with Crippen molar-refractivity contribution in [3.8, 4) is 11.4 Å². The number of halogens is 1. The normalized spacial score (nSPS) is 11.1. The van der Waals surface area contributed by atoms with E-state index in [-0.39, 0.29) is 22.6 Å². The Balaban J connectivity index is 2.37. The van der Waals surface area contributed by atoms with Gasteiger partial charge in [0.25, 0.3) is 5.56 Å². The molecule has 0 saturated heterocycles. The maximum absolute atomic E-state index is 13.8. The van der Waals surface area contributed by atoms with Crippen molar-refractivity contribution in [1.82, 2.24) is 19.5 Å². The maximum Gasteiger partial charge on any atom is 0.330 e. The number of benzene rings is 1. The lowest BCUT2D eigenvalue weighted by atomic mass is 10.2. The topological polar surface area (TPSA) is 83.5 Å². The van der Waals surface area contributed by atoms with Gasteiger partial charge in [-0.3, -0.25) is 14.3 Å². The molecule has 3 rings (SSSR count). The standard InChI is InChI=1S/C13H11FN4O2/c1-2-18-11-9(12(19)17-13(18)20)15-10(16-11)7-5-3-4-6-8(7)14/h3-6H,2H2,1H3,(H,15,16)(H,17,19,20). The molecule has 0 amide bonds. The van der Waals surface area contributed by atoms with E-state index in [1.165, 1.54) is 10.6 Å². The van der Waals surface area contributed by atoms with Gasteiger partial charge < -0.3 is 4.98 Å². The molecular formula is C13H11FN4O2. The Labute approximate surface area is 111 Å². The van der Waals surface area contributed by atoms with Crippen molar-refractivity contribution in [3.05, 3.63) is 50.9 Å². The molecule has 0 aliphatic heterocycles. The zero-order valence-corrected chi connectivity index (χ0v) is 10.6. The summed E-state index contributed by atoms with van der Waals surface area (Å²) in [6.45, 7) is 2.12. The Kier molecular flexibility index (Phi) is 2.74. The van der Waals surface area contributed by atoms with E-state index in [4.69, 9.17) is 0 Å². The van der Waals surface area contributed by atoms with Crippen molar-refractivity contribution in [2.24, 2.45) is 0 Å². The van der Waals surface area contributed by atoms with Crippen molar-refractivity contribution in [3.63, 3.8) is 0 Å². The number of aryl methyl sites for hydroxylation is 1. The molecule has 2 heterocycles. The van der Waals surface area contributed by atoms with Crippen LogP contribution in [0.4, 0.5) is 4.39 Å². The summed E-state index contributed by atoms with van der Waals surface area (Å²) >= 11 is 0. The Hall–Kier alpha value is -2.70. The number of nitrogens with zero attached hydrogens (tertiary/aromatic N) is 2. The van der Waals surface area contributed by atoms with Crippen LogP contribution in [0.15, 0.2) is 33.9 Å². The van der Waals surface area contributed by atoms with Gasteiger partial charge in [0.15, 0.2) is 5.65 Å². The van der Waals surface area contributed by atoms with Gasteiger partial charge in [0, 0.05) is 6.54 Å². The molecule has 2 aromatic heterocycles. The minimum Gasteiger partial charge on any atom is -0.332 e. The van der Waals surface area contributed by atoms with E-state index in [9.17, 15) is 14.0 Å². The van der Waals surface area contributed by atoms with E-state index < -0.39 is 17.1 Å². The number of aromatic amines is 2. The fraction of sp³-hybridized carbons (Fsp3) is 0.154. The van der Waals surface area contributed by atoms with Gasteiger partial charge in [0.2, 0.25) is 0 Å². The number of fused-ring (bicyclic) bond motifs is 1. The highest BCUT2D eigenvalue weighted by Crippen LogP contribution is 2.20. The average Bonchev–Trinajstić information content (AvgIpc) is 2.85. The molecule has 0 aliphatic rings. The van der Waals surface area contributed by atoms with Crippen molar-refractivity contribution in [1.29, 1.82) is 0 Å². The van der Waals surface area contributed by atoms with Crippen LogP contribution < -0.4 is 11.2 Å². The third kappa shape index (κ3) is 1.75. The Morgan fingerprint density at radius 3 is 2.70 bits per heavy atom. The van der Waals surface area contributed by atoms with Gasteiger partial charge in [-0.05, 0) is 19.1 Å². The fourth-order valence-corrected chi connectivity index (χ4v) is 2.12. The summed E-state index contributed by atoms with van der Waals surface area (Å²) in [5.41, 5.74) is -0.469. The number of nitrogens with one attached hydrogen (secondary N) is 2. The molecule has 2 N–H and O–H groups in total. The van der Waals surface area contributed by atoms with Crippen LogP contribution in [0.3, 0.4) is 0 Å². The van der Waals surface area contributed by atoms with Gasteiger partial charge in [-0.1, -0.05) is 12.1 Å². The van der Waals surface area contributed by atoms with Crippen molar-refractivity contribution in [2.45, 2.75) is 13.5 Å². The Bertz CT molecular complexity index is 907. The molecule has 0 unspecified atom stereocenters. The van der Waals surface area contributed by atoms with Crippen LogP contribution in [-0.2, 0) is 6.54 Å². The second-order valence-corrected chi connectivity index (χ2v) is 4.27. The molecular weight excluding hydrogens is 263 g/mol. The number of aromatic nitrogens is 4. The van der Waals surface area contributed by atoms with E-state index in [2.05, 4.69) is 15.0 Å². The van der Waals surface area contributed by atoms with E-state index in [0.717, 1.165) is 0 Å². The molecule has 102 valence electrons. The lowest BCUT2D eigenvalue weighted by Crippen LogP contribution is -2.29. The first-order chi connectivity index (χ1) is 9.61. The average molecular weight is 274 g/mol. The van der Waals surface area contributed by atoms with Crippen molar-refractivity contribution >= 4 is 11.2 Å². The molecule has 0 saturated carbocycles. The predicted octanol–water partition coefficient (Wildman–Crippen LogP) is 1.24. The number of H-pyrrole nitrogens is 2. The first-order valence-electron chi connectivity index (χ1n) is 6.09. The molecule has 6 nitrogen and oxygen atoms in total. The Morgan fingerprint density at radius 2 is 2.00 bits per heavy atom. The lowest BCUT2D eigenvalue weighted by Gasteiger charge is -2.00. The minimum absolute atomic E-state index is 0.157. The number of hydrogen-bond donors (Lipinski definition) is 2. The van der Waals surface area contributed by atoms with E-state index in [1.807, 2.05) is 0 Å². The molecule has 7 heteroatoms. The zero-order chi connectivity index (χ0) is 14.3. The quantitative estimate of drug-likeness (QED) is 0.737. The highest BCUT2D eigenvalue weighted by atomic mass is 19.1. The maximum atomic E-state index is 13.8. The number of imidazole rings is 1. The summed E-state index contributed by atoms with van der Waals surface area (Å²) in [7, 11) is 0. The summed E-state index contributed by atoms with van der Waals surface area (Å²) in [6.07, 6.45) is 0. The second-order valence-electron chi connectivity index (χ2n) is 4.27. The molecule has 0 spiro atoms. The summed E-state index contributed by atoms with van der Waals surface area (Å²) in [5, 5.41) is 0. The molecule has 1 aromatic carbocycles. The summed E-state index contributed by atoms with van der Waals surface area (Å²) in [6, 6.07) is 6.09. The largest absolute Gasteiger partial charge is 0.332 e. The van der Waals surface area contributed by atoms with E-state index in [1.54, 1.807) is 25.1 Å². The van der Waals surface area contributed by atoms with Crippen LogP contribution in [0, 0.1) is 5.82 Å². The molecule has 0 fully saturated rings. The monoisotopic (exact) mass is 274 g/mol. The van der Waals surface area contributed by atoms with Gasteiger partial charge in [0.05, 0.1) is 5.56 Å². The molecule has 0 atom stereocenters. The molecule has 0 radical (unpaired) electrons.